The average Bonchev–Trinajstić information content (AvgIpc) is 2.63. The van der Waals surface area contributed by atoms with Crippen LogP contribution >= 0.6 is 34.8 Å². The molecular formula is C21H26Cl3N5. The van der Waals surface area contributed by atoms with Gasteiger partial charge in [0.25, 0.3) is 0 Å². The quantitative estimate of drug-likeness (QED) is 0.456. The summed E-state index contributed by atoms with van der Waals surface area (Å²) in [5.41, 5.74) is 2.35. The third-order valence-electron chi connectivity index (χ3n) is 4.95. The van der Waals surface area contributed by atoms with E-state index in [0.717, 1.165) is 43.1 Å². The van der Waals surface area contributed by atoms with E-state index in [-0.39, 0.29) is 11.4 Å². The Hall–Kier alpha value is -1.40. The number of aromatic nitrogens is 2. The van der Waals surface area contributed by atoms with Crippen LogP contribution in [0.25, 0.3) is 0 Å². The number of hydrogen-bond acceptors (Lipinski definition) is 5. The molecule has 1 aliphatic rings. The van der Waals surface area contributed by atoms with E-state index in [1.165, 1.54) is 0 Å². The number of benzene rings is 1. The zero-order valence-corrected chi connectivity index (χ0v) is 19.0. The minimum atomic E-state index is 0.142. The van der Waals surface area contributed by atoms with Crippen LogP contribution in [0.3, 0.4) is 0 Å². The van der Waals surface area contributed by atoms with Gasteiger partial charge in [0.2, 0.25) is 0 Å². The second-order valence-electron chi connectivity index (χ2n) is 7.54. The van der Waals surface area contributed by atoms with Gasteiger partial charge in [0.1, 0.15) is 11.6 Å². The maximum Gasteiger partial charge on any atom is 0.136 e. The number of alkyl halides is 1. The van der Waals surface area contributed by atoms with Gasteiger partial charge in [-0.2, -0.15) is 0 Å². The molecule has 5 nitrogen and oxygen atoms in total. The van der Waals surface area contributed by atoms with Crippen molar-refractivity contribution in [3.05, 3.63) is 51.4 Å². The predicted molar refractivity (Wildman–Crippen MR) is 122 cm³/mol. The Morgan fingerprint density at radius 2 is 1.97 bits per heavy atom. The van der Waals surface area contributed by atoms with Gasteiger partial charge in [-0.15, -0.1) is 11.6 Å². The Balaban J connectivity index is 1.65. The Labute approximate surface area is 187 Å². The highest BCUT2D eigenvalue weighted by Gasteiger charge is 2.25. The van der Waals surface area contributed by atoms with Crippen molar-refractivity contribution in [3.63, 3.8) is 0 Å². The Bertz CT molecular complexity index is 873. The van der Waals surface area contributed by atoms with E-state index in [2.05, 4.69) is 27.1 Å². The van der Waals surface area contributed by atoms with Crippen LogP contribution in [0.4, 0.5) is 5.82 Å². The first-order chi connectivity index (χ1) is 13.8. The lowest BCUT2D eigenvalue weighted by Crippen LogP contribution is -2.46. The van der Waals surface area contributed by atoms with E-state index < -0.39 is 0 Å². The van der Waals surface area contributed by atoms with Crippen molar-refractivity contribution in [2.24, 2.45) is 0 Å². The molecule has 29 heavy (non-hydrogen) atoms. The number of nitrogens with one attached hydrogen (secondary N) is 2. The SMILES string of the molecule is CCN1CC(Cl)CC(Nc2cc(C)nc(CC(=N)Cc3ccc(Cl)c(Cl)c3)n2)C1. The molecule has 0 saturated carbocycles. The fraction of sp³-hybridized carbons (Fsp3) is 0.476. The lowest BCUT2D eigenvalue weighted by molar-refractivity contribution is 0.230. The monoisotopic (exact) mass is 453 g/mol. The highest BCUT2D eigenvalue weighted by atomic mass is 35.5. The zero-order valence-electron chi connectivity index (χ0n) is 16.7. The molecule has 1 aromatic heterocycles. The number of likely N-dealkylation sites (N-methyl/N-ethyl adjacent to an activating group) is 1. The number of piperidine rings is 1. The van der Waals surface area contributed by atoms with E-state index in [4.69, 9.17) is 40.2 Å². The second kappa shape index (κ2) is 10.1. The second-order valence-corrected chi connectivity index (χ2v) is 8.97. The van der Waals surface area contributed by atoms with Crippen LogP contribution in [0, 0.1) is 12.3 Å². The first kappa shape index (κ1) is 22.3. The molecule has 1 aliphatic heterocycles. The summed E-state index contributed by atoms with van der Waals surface area (Å²) in [7, 11) is 0. The van der Waals surface area contributed by atoms with Gasteiger partial charge in [0, 0.05) is 54.8 Å². The van der Waals surface area contributed by atoms with E-state index in [1.54, 1.807) is 12.1 Å². The molecule has 0 aliphatic carbocycles. The zero-order chi connectivity index (χ0) is 21.0. The molecule has 2 N–H and O–H groups in total. The molecule has 2 aromatic rings. The van der Waals surface area contributed by atoms with Crippen molar-refractivity contribution in [1.29, 1.82) is 5.41 Å². The molecule has 1 fully saturated rings. The molecular weight excluding hydrogens is 429 g/mol. The van der Waals surface area contributed by atoms with Gasteiger partial charge < -0.3 is 15.6 Å². The van der Waals surface area contributed by atoms with Crippen LogP contribution in [0.15, 0.2) is 24.3 Å². The average molecular weight is 455 g/mol. The Kier molecular flexibility index (Phi) is 7.74. The molecule has 0 bridgehead atoms. The first-order valence-electron chi connectivity index (χ1n) is 9.80. The standard InChI is InChI=1S/C21H26Cl3N5/c1-3-29-11-15(22)9-17(12-29)27-20-6-13(2)26-21(28-20)10-16(25)7-14-4-5-18(23)19(24)8-14/h4-6,8,15,17,25H,3,7,9-12H2,1-2H3,(H,26,27,28). The van der Waals surface area contributed by atoms with E-state index >= 15 is 0 Å². The summed E-state index contributed by atoms with van der Waals surface area (Å²) in [5.74, 6) is 1.43. The van der Waals surface area contributed by atoms with Gasteiger partial charge in [0.05, 0.1) is 10.0 Å². The summed E-state index contributed by atoms with van der Waals surface area (Å²) in [4.78, 5) is 11.5. The van der Waals surface area contributed by atoms with Crippen LogP contribution in [-0.4, -0.2) is 51.6 Å². The number of anilines is 1. The topological polar surface area (TPSA) is 64.9 Å². The number of aryl methyl sites for hydroxylation is 1. The number of likely N-dealkylation sites (tertiary alicyclic amines) is 1. The van der Waals surface area contributed by atoms with Crippen molar-refractivity contribution in [2.75, 3.05) is 25.0 Å². The first-order valence-corrected chi connectivity index (χ1v) is 11.0. The molecule has 0 spiro atoms. The number of nitrogens with zero attached hydrogens (tertiary/aromatic N) is 3. The summed E-state index contributed by atoms with van der Waals surface area (Å²) < 4.78 is 0. The van der Waals surface area contributed by atoms with Gasteiger partial charge in [0.15, 0.2) is 0 Å². The molecule has 1 aromatic carbocycles. The van der Waals surface area contributed by atoms with E-state index in [9.17, 15) is 0 Å². The van der Waals surface area contributed by atoms with Crippen LogP contribution in [0.2, 0.25) is 10.0 Å². The van der Waals surface area contributed by atoms with Gasteiger partial charge in [-0.05, 0) is 37.6 Å². The Morgan fingerprint density at radius 1 is 1.17 bits per heavy atom. The molecule has 0 radical (unpaired) electrons. The largest absolute Gasteiger partial charge is 0.366 e. The lowest BCUT2D eigenvalue weighted by Gasteiger charge is -2.35. The molecule has 3 rings (SSSR count). The van der Waals surface area contributed by atoms with Crippen molar-refractivity contribution in [3.8, 4) is 0 Å². The smallest absolute Gasteiger partial charge is 0.136 e. The number of rotatable bonds is 7. The maximum absolute atomic E-state index is 8.36. The highest BCUT2D eigenvalue weighted by Crippen LogP contribution is 2.23. The van der Waals surface area contributed by atoms with Gasteiger partial charge in [-0.25, -0.2) is 9.97 Å². The molecule has 8 heteroatoms. The molecule has 2 heterocycles. The van der Waals surface area contributed by atoms with Crippen molar-refractivity contribution in [2.45, 2.75) is 44.5 Å². The van der Waals surface area contributed by atoms with Crippen LogP contribution < -0.4 is 5.32 Å². The van der Waals surface area contributed by atoms with Crippen molar-refractivity contribution < 1.29 is 0 Å². The fourth-order valence-corrected chi connectivity index (χ4v) is 4.36. The van der Waals surface area contributed by atoms with Gasteiger partial charge in [-0.1, -0.05) is 36.2 Å². The minimum Gasteiger partial charge on any atom is -0.366 e. The van der Waals surface area contributed by atoms with Crippen molar-refractivity contribution in [1.82, 2.24) is 14.9 Å². The molecule has 1 saturated heterocycles. The summed E-state index contributed by atoms with van der Waals surface area (Å²) in [5, 5.41) is 13.0. The lowest BCUT2D eigenvalue weighted by atomic mass is 10.1. The van der Waals surface area contributed by atoms with E-state index in [1.807, 2.05) is 19.1 Å². The molecule has 2 atom stereocenters. The summed E-state index contributed by atoms with van der Waals surface area (Å²) >= 11 is 18.5. The summed E-state index contributed by atoms with van der Waals surface area (Å²) in [6.45, 7) is 6.96. The van der Waals surface area contributed by atoms with Gasteiger partial charge >= 0.3 is 0 Å². The molecule has 156 valence electrons. The maximum atomic E-state index is 8.36. The molecule has 2 unspecified atom stereocenters. The fourth-order valence-electron chi connectivity index (χ4n) is 3.63. The third kappa shape index (κ3) is 6.54. The van der Waals surface area contributed by atoms with Crippen LogP contribution in [0.5, 0.6) is 0 Å². The minimum absolute atomic E-state index is 0.142. The van der Waals surface area contributed by atoms with Gasteiger partial charge in [-0.3, -0.25) is 0 Å². The number of hydrogen-bond donors (Lipinski definition) is 2. The van der Waals surface area contributed by atoms with Crippen LogP contribution in [0.1, 0.15) is 30.4 Å². The third-order valence-corrected chi connectivity index (χ3v) is 6.00. The number of halogens is 3. The molecule has 0 amide bonds. The van der Waals surface area contributed by atoms with Crippen LogP contribution in [-0.2, 0) is 12.8 Å². The predicted octanol–water partition coefficient (Wildman–Crippen LogP) is 5.01. The highest BCUT2D eigenvalue weighted by molar-refractivity contribution is 6.42. The summed E-state index contributed by atoms with van der Waals surface area (Å²) in [6.07, 6.45) is 1.78. The Morgan fingerprint density at radius 3 is 2.69 bits per heavy atom. The summed E-state index contributed by atoms with van der Waals surface area (Å²) in [6, 6.07) is 7.64. The van der Waals surface area contributed by atoms with E-state index in [0.29, 0.717) is 34.4 Å². The van der Waals surface area contributed by atoms with Crippen molar-refractivity contribution >= 4 is 46.3 Å². The normalized spacial score (nSPS) is 19.9.